The maximum absolute atomic E-state index is 11.9. The van der Waals surface area contributed by atoms with Crippen molar-refractivity contribution in [3.63, 3.8) is 0 Å². The van der Waals surface area contributed by atoms with Gasteiger partial charge in [-0.3, -0.25) is 4.79 Å². The summed E-state index contributed by atoms with van der Waals surface area (Å²) in [5, 5.41) is 0. The minimum Gasteiger partial charge on any atom is -0.466 e. The Labute approximate surface area is 260 Å². The van der Waals surface area contributed by atoms with Crippen LogP contribution in [-0.2, 0) is 9.53 Å². The standard InChI is InChI=1S/C39H78O2/c1-4-6-7-8-9-10-11-12-13-14-15-16-17-18-19-20-21-22-25-28-31-34-37-41-39(40)36-33-30-27-24-23-26-29-32-35-38(3)5-2/h38H,4-37H2,1-3H3. The molecule has 0 saturated heterocycles. The average molecular weight is 579 g/mol. The van der Waals surface area contributed by atoms with Crippen LogP contribution < -0.4 is 0 Å². The van der Waals surface area contributed by atoms with Gasteiger partial charge in [0.15, 0.2) is 0 Å². The highest BCUT2D eigenvalue weighted by Gasteiger charge is 2.03. The molecule has 2 heteroatoms. The van der Waals surface area contributed by atoms with Crippen LogP contribution >= 0.6 is 0 Å². The molecule has 0 saturated carbocycles. The minimum atomic E-state index is 0.0264. The summed E-state index contributed by atoms with van der Waals surface area (Å²) in [5.41, 5.74) is 0. The zero-order chi connectivity index (χ0) is 29.9. The molecule has 0 fully saturated rings. The molecule has 0 rings (SSSR count). The molecule has 0 aromatic heterocycles. The molecule has 0 bridgehead atoms. The molecule has 1 atom stereocenters. The highest BCUT2D eigenvalue weighted by Crippen LogP contribution is 2.17. The first-order valence-electron chi connectivity index (χ1n) is 19.4. The highest BCUT2D eigenvalue weighted by atomic mass is 16.5. The van der Waals surface area contributed by atoms with Crippen molar-refractivity contribution >= 4 is 5.97 Å². The van der Waals surface area contributed by atoms with Crippen LogP contribution in [0, 0.1) is 5.92 Å². The van der Waals surface area contributed by atoms with Crippen LogP contribution in [0.2, 0.25) is 0 Å². The monoisotopic (exact) mass is 579 g/mol. The van der Waals surface area contributed by atoms with Crippen LogP contribution in [0.1, 0.15) is 233 Å². The lowest BCUT2D eigenvalue weighted by Crippen LogP contribution is -2.05. The third-order valence-electron chi connectivity index (χ3n) is 9.29. The summed E-state index contributed by atoms with van der Waals surface area (Å²) in [4.78, 5) is 11.9. The van der Waals surface area contributed by atoms with E-state index < -0.39 is 0 Å². The van der Waals surface area contributed by atoms with Crippen molar-refractivity contribution in [1.29, 1.82) is 0 Å². The summed E-state index contributed by atoms with van der Waals surface area (Å²) in [6.07, 6.45) is 44.6. The van der Waals surface area contributed by atoms with Crippen molar-refractivity contribution in [1.82, 2.24) is 0 Å². The van der Waals surface area contributed by atoms with E-state index >= 15 is 0 Å². The largest absolute Gasteiger partial charge is 0.466 e. The van der Waals surface area contributed by atoms with Crippen molar-refractivity contribution in [2.24, 2.45) is 5.92 Å². The predicted octanol–water partition coefficient (Wildman–Crippen LogP) is 14.1. The summed E-state index contributed by atoms with van der Waals surface area (Å²) in [7, 11) is 0. The number of rotatable bonds is 35. The smallest absolute Gasteiger partial charge is 0.305 e. The lowest BCUT2D eigenvalue weighted by Gasteiger charge is -2.07. The number of hydrogen-bond acceptors (Lipinski definition) is 2. The van der Waals surface area contributed by atoms with Gasteiger partial charge in [0.2, 0.25) is 0 Å². The molecule has 0 aromatic rings. The zero-order valence-corrected chi connectivity index (χ0v) is 28.9. The quantitative estimate of drug-likeness (QED) is 0.0552. The van der Waals surface area contributed by atoms with E-state index in [4.69, 9.17) is 4.74 Å². The van der Waals surface area contributed by atoms with Gasteiger partial charge in [-0.15, -0.1) is 0 Å². The van der Waals surface area contributed by atoms with E-state index in [0.29, 0.717) is 13.0 Å². The molecule has 2 nitrogen and oxygen atoms in total. The van der Waals surface area contributed by atoms with E-state index in [2.05, 4.69) is 20.8 Å². The minimum absolute atomic E-state index is 0.0264. The van der Waals surface area contributed by atoms with Gasteiger partial charge in [0.05, 0.1) is 6.61 Å². The van der Waals surface area contributed by atoms with Gasteiger partial charge in [-0.05, 0) is 18.8 Å². The van der Waals surface area contributed by atoms with Crippen molar-refractivity contribution < 1.29 is 9.53 Å². The Bertz CT molecular complexity index is 488. The second-order valence-corrected chi connectivity index (χ2v) is 13.5. The van der Waals surface area contributed by atoms with Crippen LogP contribution in [0.15, 0.2) is 0 Å². The van der Waals surface area contributed by atoms with Crippen LogP contribution in [0.3, 0.4) is 0 Å². The zero-order valence-electron chi connectivity index (χ0n) is 28.9. The molecule has 246 valence electrons. The number of carbonyl (C=O) groups is 1. The Morgan fingerprint density at radius 1 is 0.439 bits per heavy atom. The molecule has 0 heterocycles. The van der Waals surface area contributed by atoms with Crippen LogP contribution in [0.4, 0.5) is 0 Å². The first kappa shape index (κ1) is 40.5. The number of ether oxygens (including phenoxy) is 1. The highest BCUT2D eigenvalue weighted by molar-refractivity contribution is 5.69. The van der Waals surface area contributed by atoms with E-state index in [-0.39, 0.29) is 5.97 Å². The summed E-state index contributed by atoms with van der Waals surface area (Å²) >= 11 is 0. The van der Waals surface area contributed by atoms with Gasteiger partial charge in [-0.1, -0.05) is 213 Å². The van der Waals surface area contributed by atoms with Gasteiger partial charge in [0, 0.05) is 6.42 Å². The first-order chi connectivity index (χ1) is 20.2. The van der Waals surface area contributed by atoms with Crippen molar-refractivity contribution in [3.8, 4) is 0 Å². The van der Waals surface area contributed by atoms with Crippen molar-refractivity contribution in [2.45, 2.75) is 233 Å². The topological polar surface area (TPSA) is 26.3 Å². The van der Waals surface area contributed by atoms with E-state index in [1.807, 2.05) is 0 Å². The molecule has 0 aliphatic rings. The van der Waals surface area contributed by atoms with E-state index in [1.165, 1.54) is 193 Å². The second kappa shape index (κ2) is 35.7. The Kier molecular flexibility index (Phi) is 35.2. The Morgan fingerprint density at radius 2 is 0.756 bits per heavy atom. The fourth-order valence-electron chi connectivity index (χ4n) is 6.00. The van der Waals surface area contributed by atoms with Gasteiger partial charge in [0.1, 0.15) is 0 Å². The number of esters is 1. The predicted molar refractivity (Wildman–Crippen MR) is 184 cm³/mol. The Balaban J connectivity index is 3.14. The molecule has 0 aromatic carbocycles. The average Bonchev–Trinajstić information content (AvgIpc) is 2.98. The van der Waals surface area contributed by atoms with Gasteiger partial charge >= 0.3 is 5.97 Å². The van der Waals surface area contributed by atoms with Gasteiger partial charge in [-0.2, -0.15) is 0 Å². The van der Waals surface area contributed by atoms with Gasteiger partial charge in [-0.25, -0.2) is 0 Å². The maximum Gasteiger partial charge on any atom is 0.305 e. The Morgan fingerprint density at radius 3 is 1.12 bits per heavy atom. The molecule has 1 unspecified atom stereocenters. The third kappa shape index (κ3) is 35.6. The van der Waals surface area contributed by atoms with Crippen molar-refractivity contribution in [3.05, 3.63) is 0 Å². The molecule has 0 aliphatic carbocycles. The molecular weight excluding hydrogens is 500 g/mol. The Hall–Kier alpha value is -0.530. The van der Waals surface area contributed by atoms with Crippen LogP contribution in [0.5, 0.6) is 0 Å². The van der Waals surface area contributed by atoms with E-state index in [0.717, 1.165) is 18.8 Å². The molecule has 0 N–H and O–H groups in total. The molecular formula is C39H78O2. The fraction of sp³-hybridized carbons (Fsp3) is 0.974. The molecule has 0 spiro atoms. The summed E-state index contributed by atoms with van der Waals surface area (Å²) in [5.74, 6) is 0.927. The lowest BCUT2D eigenvalue weighted by molar-refractivity contribution is -0.143. The van der Waals surface area contributed by atoms with Crippen LogP contribution in [0.25, 0.3) is 0 Å². The molecule has 0 aliphatic heterocycles. The van der Waals surface area contributed by atoms with Gasteiger partial charge in [0.25, 0.3) is 0 Å². The molecule has 41 heavy (non-hydrogen) atoms. The SMILES string of the molecule is CCCCCCCCCCCCCCCCCCCCCCCCOC(=O)CCCCCCCCCCC(C)CC. The fourth-order valence-corrected chi connectivity index (χ4v) is 6.00. The van der Waals surface area contributed by atoms with Gasteiger partial charge < -0.3 is 4.74 Å². The lowest BCUT2D eigenvalue weighted by atomic mass is 9.99. The molecule has 0 amide bonds. The normalized spacial score (nSPS) is 12.2. The summed E-state index contributed by atoms with van der Waals surface area (Å²) < 4.78 is 5.45. The third-order valence-corrected chi connectivity index (χ3v) is 9.29. The van der Waals surface area contributed by atoms with E-state index in [1.54, 1.807) is 0 Å². The molecule has 0 radical (unpaired) electrons. The number of carbonyl (C=O) groups excluding carboxylic acids is 1. The number of hydrogen-bond donors (Lipinski definition) is 0. The summed E-state index contributed by atoms with van der Waals surface area (Å²) in [6, 6.07) is 0. The maximum atomic E-state index is 11.9. The second-order valence-electron chi connectivity index (χ2n) is 13.5. The van der Waals surface area contributed by atoms with Crippen molar-refractivity contribution in [2.75, 3.05) is 6.61 Å². The van der Waals surface area contributed by atoms with Crippen LogP contribution in [-0.4, -0.2) is 12.6 Å². The van der Waals surface area contributed by atoms with E-state index in [9.17, 15) is 4.79 Å². The summed E-state index contributed by atoms with van der Waals surface area (Å²) in [6.45, 7) is 7.60. The first-order valence-corrected chi connectivity index (χ1v) is 19.4. The number of unbranched alkanes of at least 4 members (excludes halogenated alkanes) is 28.